The number of rotatable bonds is 4. The summed E-state index contributed by atoms with van der Waals surface area (Å²) in [5, 5.41) is 0. The summed E-state index contributed by atoms with van der Waals surface area (Å²) in [6.07, 6.45) is 2.68. The van der Waals surface area contributed by atoms with E-state index in [-0.39, 0.29) is 11.6 Å². The van der Waals surface area contributed by atoms with Gasteiger partial charge >= 0.3 is 0 Å². The number of hydrogen-bond donors (Lipinski definition) is 1. The van der Waals surface area contributed by atoms with E-state index < -0.39 is 0 Å². The summed E-state index contributed by atoms with van der Waals surface area (Å²) in [5.74, 6) is 0. The zero-order valence-corrected chi connectivity index (χ0v) is 9.10. The number of thiazole rings is 1. The maximum Gasteiger partial charge on any atom is 0.0794 e. The van der Waals surface area contributed by atoms with E-state index in [1.807, 2.05) is 25.6 Å². The molecule has 2 N–H and O–H groups in total. The quantitative estimate of drug-likeness (QED) is 0.800. The predicted octanol–water partition coefficient (Wildman–Crippen LogP) is 1.44. The molecular formula is C9H16N2OS. The Labute approximate surface area is 82.9 Å². The highest BCUT2D eigenvalue weighted by Crippen LogP contribution is 2.17. The summed E-state index contributed by atoms with van der Waals surface area (Å²) < 4.78 is 5.31. The fourth-order valence-electron chi connectivity index (χ4n) is 0.957. The van der Waals surface area contributed by atoms with Gasteiger partial charge in [0.25, 0.3) is 0 Å². The third-order valence-corrected chi connectivity index (χ3v) is 3.13. The largest absolute Gasteiger partial charge is 0.377 e. The van der Waals surface area contributed by atoms with Gasteiger partial charge in [-0.1, -0.05) is 0 Å². The van der Waals surface area contributed by atoms with Gasteiger partial charge in [0.05, 0.1) is 11.1 Å². The molecule has 0 fully saturated rings. The Balaban J connectivity index is 2.55. The van der Waals surface area contributed by atoms with Crippen LogP contribution in [0.2, 0.25) is 0 Å². The Morgan fingerprint density at radius 3 is 2.85 bits per heavy atom. The SMILES string of the molecule is COC(C)(C)C(N)Cc1cncs1. The van der Waals surface area contributed by atoms with E-state index in [9.17, 15) is 0 Å². The van der Waals surface area contributed by atoms with Crippen molar-refractivity contribution in [1.29, 1.82) is 0 Å². The van der Waals surface area contributed by atoms with Gasteiger partial charge in [0.1, 0.15) is 0 Å². The maximum atomic E-state index is 6.01. The fourth-order valence-corrected chi connectivity index (χ4v) is 1.61. The lowest BCUT2D eigenvalue weighted by molar-refractivity contribution is 0.000987. The molecule has 0 bridgehead atoms. The Kier molecular flexibility index (Phi) is 3.41. The molecule has 0 aliphatic heterocycles. The minimum Gasteiger partial charge on any atom is -0.377 e. The molecule has 0 amide bonds. The number of nitrogens with two attached hydrogens (primary N) is 1. The Hall–Kier alpha value is -0.450. The van der Waals surface area contributed by atoms with Crippen molar-refractivity contribution in [1.82, 2.24) is 4.98 Å². The molecule has 3 nitrogen and oxygen atoms in total. The molecule has 0 saturated heterocycles. The number of methoxy groups -OCH3 is 1. The Bertz CT molecular complexity index is 246. The number of ether oxygens (including phenoxy) is 1. The number of hydrogen-bond acceptors (Lipinski definition) is 4. The van der Waals surface area contributed by atoms with Crippen molar-refractivity contribution in [2.45, 2.75) is 31.9 Å². The summed E-state index contributed by atoms with van der Waals surface area (Å²) in [6.45, 7) is 4.00. The highest BCUT2D eigenvalue weighted by atomic mass is 32.1. The van der Waals surface area contributed by atoms with Crippen LogP contribution in [0.5, 0.6) is 0 Å². The lowest BCUT2D eigenvalue weighted by Gasteiger charge is -2.29. The number of nitrogens with zero attached hydrogens (tertiary/aromatic N) is 1. The predicted molar refractivity (Wildman–Crippen MR) is 54.9 cm³/mol. The molecule has 1 aromatic heterocycles. The van der Waals surface area contributed by atoms with Gasteiger partial charge in [-0.05, 0) is 13.8 Å². The highest BCUT2D eigenvalue weighted by Gasteiger charge is 2.26. The maximum absolute atomic E-state index is 6.01. The molecule has 0 aromatic carbocycles. The molecule has 0 radical (unpaired) electrons. The Morgan fingerprint density at radius 2 is 2.38 bits per heavy atom. The van der Waals surface area contributed by atoms with E-state index in [0.29, 0.717) is 0 Å². The van der Waals surface area contributed by atoms with Gasteiger partial charge < -0.3 is 10.5 Å². The first-order chi connectivity index (χ1) is 6.06. The van der Waals surface area contributed by atoms with Gasteiger partial charge in [0.15, 0.2) is 0 Å². The summed E-state index contributed by atoms with van der Waals surface area (Å²) in [6, 6.07) is 0.0120. The second-order valence-electron chi connectivity index (χ2n) is 3.59. The van der Waals surface area contributed by atoms with Gasteiger partial charge in [-0.2, -0.15) is 0 Å². The molecule has 1 aromatic rings. The molecule has 0 saturated carbocycles. The third-order valence-electron chi connectivity index (χ3n) is 2.32. The summed E-state index contributed by atoms with van der Waals surface area (Å²) in [7, 11) is 1.69. The summed E-state index contributed by atoms with van der Waals surface area (Å²) in [4.78, 5) is 5.21. The lowest BCUT2D eigenvalue weighted by Crippen LogP contribution is -2.45. The molecule has 0 aliphatic rings. The minimum atomic E-state index is -0.274. The van der Waals surface area contributed by atoms with E-state index in [1.54, 1.807) is 18.4 Å². The third kappa shape index (κ3) is 2.76. The normalized spacial score (nSPS) is 14.5. The topological polar surface area (TPSA) is 48.1 Å². The second-order valence-corrected chi connectivity index (χ2v) is 4.56. The van der Waals surface area contributed by atoms with Gasteiger partial charge in [-0.3, -0.25) is 4.98 Å². The van der Waals surface area contributed by atoms with E-state index in [2.05, 4.69) is 4.98 Å². The number of aromatic nitrogens is 1. The first kappa shape index (κ1) is 10.6. The molecule has 13 heavy (non-hydrogen) atoms. The van der Waals surface area contributed by atoms with Crippen LogP contribution in [0.3, 0.4) is 0 Å². The lowest BCUT2D eigenvalue weighted by atomic mass is 9.96. The molecule has 1 rings (SSSR count). The molecule has 1 heterocycles. The van der Waals surface area contributed by atoms with Gasteiger partial charge in [-0.25, -0.2) is 0 Å². The monoisotopic (exact) mass is 200 g/mol. The average Bonchev–Trinajstić information content (AvgIpc) is 2.57. The fraction of sp³-hybridized carbons (Fsp3) is 0.667. The average molecular weight is 200 g/mol. The van der Waals surface area contributed by atoms with Crippen LogP contribution in [0.4, 0.5) is 0 Å². The van der Waals surface area contributed by atoms with Crippen molar-refractivity contribution >= 4 is 11.3 Å². The van der Waals surface area contributed by atoms with Crippen molar-refractivity contribution in [3.8, 4) is 0 Å². The summed E-state index contributed by atoms with van der Waals surface area (Å²) in [5.41, 5.74) is 7.55. The molecule has 1 unspecified atom stereocenters. The van der Waals surface area contributed by atoms with E-state index in [4.69, 9.17) is 10.5 Å². The van der Waals surface area contributed by atoms with E-state index >= 15 is 0 Å². The van der Waals surface area contributed by atoms with E-state index in [1.165, 1.54) is 4.88 Å². The van der Waals surface area contributed by atoms with E-state index in [0.717, 1.165) is 6.42 Å². The van der Waals surface area contributed by atoms with Crippen LogP contribution in [0.1, 0.15) is 18.7 Å². The zero-order chi connectivity index (χ0) is 9.90. The van der Waals surface area contributed by atoms with Crippen LogP contribution >= 0.6 is 11.3 Å². The molecule has 4 heteroatoms. The molecule has 0 spiro atoms. The van der Waals surface area contributed by atoms with Crippen LogP contribution in [-0.2, 0) is 11.2 Å². The van der Waals surface area contributed by atoms with Gasteiger partial charge in [-0.15, -0.1) is 11.3 Å². The zero-order valence-electron chi connectivity index (χ0n) is 8.28. The standard InChI is InChI=1S/C9H16N2OS/c1-9(2,12-3)8(10)4-7-5-11-6-13-7/h5-6,8H,4,10H2,1-3H3. The first-order valence-electron chi connectivity index (χ1n) is 4.24. The molecule has 0 aliphatic carbocycles. The van der Waals surface area contributed by atoms with Gasteiger partial charge in [0.2, 0.25) is 0 Å². The molecule has 74 valence electrons. The summed E-state index contributed by atoms with van der Waals surface area (Å²) >= 11 is 1.63. The van der Waals surface area contributed by atoms with Crippen molar-refractivity contribution in [3.63, 3.8) is 0 Å². The van der Waals surface area contributed by atoms with Crippen molar-refractivity contribution < 1.29 is 4.74 Å². The molecular weight excluding hydrogens is 184 g/mol. The van der Waals surface area contributed by atoms with Crippen LogP contribution in [-0.4, -0.2) is 23.7 Å². The highest BCUT2D eigenvalue weighted by molar-refractivity contribution is 7.09. The van der Waals surface area contributed by atoms with Crippen LogP contribution in [0.15, 0.2) is 11.7 Å². The van der Waals surface area contributed by atoms with Crippen molar-refractivity contribution in [2.75, 3.05) is 7.11 Å². The Morgan fingerprint density at radius 1 is 1.69 bits per heavy atom. The van der Waals surface area contributed by atoms with Crippen molar-refractivity contribution in [3.05, 3.63) is 16.6 Å². The second kappa shape index (κ2) is 4.17. The smallest absolute Gasteiger partial charge is 0.0794 e. The van der Waals surface area contributed by atoms with Crippen LogP contribution in [0, 0.1) is 0 Å². The molecule has 1 atom stereocenters. The minimum absolute atomic E-state index is 0.0120. The van der Waals surface area contributed by atoms with Crippen LogP contribution in [0.25, 0.3) is 0 Å². The van der Waals surface area contributed by atoms with Crippen LogP contribution < -0.4 is 5.73 Å². The van der Waals surface area contributed by atoms with Gasteiger partial charge in [0, 0.05) is 30.6 Å². The first-order valence-corrected chi connectivity index (χ1v) is 5.12. The van der Waals surface area contributed by atoms with Crippen molar-refractivity contribution in [2.24, 2.45) is 5.73 Å².